The largest absolute Gasteiger partial charge is 0.370 e. The zero-order valence-corrected chi connectivity index (χ0v) is 15.1. The van der Waals surface area contributed by atoms with Crippen molar-refractivity contribution in [2.45, 2.75) is 19.3 Å². The van der Waals surface area contributed by atoms with Crippen LogP contribution in [0.1, 0.15) is 19.3 Å². The SMILES string of the molecule is NC(=O)CC1CCCN(c2nn3cc(-c4ccc(Cl)cc4)nc3s2)C1. The minimum Gasteiger partial charge on any atom is -0.370 e. The van der Waals surface area contributed by atoms with Gasteiger partial charge in [0, 0.05) is 30.1 Å². The second-order valence-electron chi connectivity index (χ2n) is 6.37. The molecule has 1 unspecified atom stereocenters. The molecule has 4 rings (SSSR count). The number of nitrogens with zero attached hydrogens (tertiary/aromatic N) is 4. The lowest BCUT2D eigenvalue weighted by Gasteiger charge is -2.31. The van der Waals surface area contributed by atoms with Crippen LogP contribution in [0.4, 0.5) is 5.13 Å². The van der Waals surface area contributed by atoms with E-state index in [-0.39, 0.29) is 5.91 Å². The molecule has 2 aromatic heterocycles. The first kappa shape index (κ1) is 16.4. The number of carbonyl (C=O) groups is 1. The number of nitrogens with two attached hydrogens (primary N) is 1. The Morgan fingerprint density at radius 2 is 2.16 bits per heavy atom. The van der Waals surface area contributed by atoms with Crippen molar-refractivity contribution in [2.75, 3.05) is 18.0 Å². The normalized spacial score (nSPS) is 18.0. The number of aromatic nitrogens is 3. The Bertz CT molecular complexity index is 872. The molecule has 25 heavy (non-hydrogen) atoms. The summed E-state index contributed by atoms with van der Waals surface area (Å²) < 4.78 is 1.82. The van der Waals surface area contributed by atoms with Gasteiger partial charge >= 0.3 is 0 Å². The van der Waals surface area contributed by atoms with E-state index in [2.05, 4.69) is 15.0 Å². The number of piperidine rings is 1. The van der Waals surface area contributed by atoms with Crippen molar-refractivity contribution in [1.29, 1.82) is 0 Å². The van der Waals surface area contributed by atoms with Crippen LogP contribution in [0.3, 0.4) is 0 Å². The minimum absolute atomic E-state index is 0.228. The molecule has 1 fully saturated rings. The first-order chi connectivity index (χ1) is 12.1. The molecule has 0 aliphatic carbocycles. The Morgan fingerprint density at radius 1 is 1.36 bits per heavy atom. The van der Waals surface area contributed by atoms with Gasteiger partial charge in [-0.25, -0.2) is 9.50 Å². The Morgan fingerprint density at radius 3 is 2.88 bits per heavy atom. The summed E-state index contributed by atoms with van der Waals surface area (Å²) in [6.07, 6.45) is 4.47. The maximum Gasteiger partial charge on any atom is 0.217 e. The summed E-state index contributed by atoms with van der Waals surface area (Å²) in [4.78, 5) is 18.9. The third-order valence-corrected chi connectivity index (χ3v) is 5.69. The van der Waals surface area contributed by atoms with E-state index in [4.69, 9.17) is 17.3 Å². The third-order valence-electron chi connectivity index (χ3n) is 4.45. The molecule has 1 aliphatic rings. The average Bonchev–Trinajstić information content (AvgIpc) is 3.14. The number of carbonyl (C=O) groups excluding carboxylic acids is 1. The quantitative estimate of drug-likeness (QED) is 0.759. The summed E-state index contributed by atoms with van der Waals surface area (Å²) in [5.41, 5.74) is 7.24. The van der Waals surface area contributed by atoms with Crippen molar-refractivity contribution in [3.63, 3.8) is 0 Å². The van der Waals surface area contributed by atoms with Crippen LogP contribution >= 0.6 is 22.9 Å². The van der Waals surface area contributed by atoms with Gasteiger partial charge in [0.15, 0.2) is 0 Å². The second-order valence-corrected chi connectivity index (χ2v) is 7.74. The topological polar surface area (TPSA) is 76.5 Å². The van der Waals surface area contributed by atoms with Gasteiger partial charge in [-0.15, -0.1) is 5.10 Å². The van der Waals surface area contributed by atoms with E-state index in [0.29, 0.717) is 17.4 Å². The fourth-order valence-corrected chi connectivity index (χ4v) is 4.31. The van der Waals surface area contributed by atoms with Gasteiger partial charge in [-0.2, -0.15) is 0 Å². The fourth-order valence-electron chi connectivity index (χ4n) is 3.27. The Hall–Kier alpha value is -2.12. The van der Waals surface area contributed by atoms with E-state index in [1.807, 2.05) is 35.0 Å². The van der Waals surface area contributed by atoms with Crippen LogP contribution in [0.2, 0.25) is 5.02 Å². The third kappa shape index (κ3) is 3.48. The van der Waals surface area contributed by atoms with Crippen LogP contribution in [0.15, 0.2) is 30.5 Å². The van der Waals surface area contributed by atoms with Crippen LogP contribution in [0.5, 0.6) is 0 Å². The summed E-state index contributed by atoms with van der Waals surface area (Å²) in [5.74, 6) is 0.0838. The van der Waals surface area contributed by atoms with Gasteiger partial charge < -0.3 is 10.6 Å². The zero-order chi connectivity index (χ0) is 17.4. The molecule has 3 heterocycles. The number of hydrogen-bond acceptors (Lipinski definition) is 5. The number of fused-ring (bicyclic) bond motifs is 1. The van der Waals surface area contributed by atoms with Crippen LogP contribution in [-0.2, 0) is 4.79 Å². The lowest BCUT2D eigenvalue weighted by Crippen LogP contribution is -2.37. The molecule has 1 amide bonds. The standard InChI is InChI=1S/C17H18ClN5OS/c18-13-5-3-12(4-6-13)14-10-23-16(20-14)25-17(21-23)22-7-1-2-11(9-22)8-15(19)24/h3-6,10-11H,1-2,7-9H2,(H2,19,24). The lowest BCUT2D eigenvalue weighted by molar-refractivity contribution is -0.118. The first-order valence-corrected chi connectivity index (χ1v) is 9.43. The van der Waals surface area contributed by atoms with E-state index < -0.39 is 0 Å². The van der Waals surface area contributed by atoms with E-state index in [0.717, 1.165) is 47.3 Å². The number of imidazole rings is 1. The molecule has 0 saturated carbocycles. The highest BCUT2D eigenvalue weighted by atomic mass is 35.5. The average molecular weight is 376 g/mol. The van der Waals surface area contributed by atoms with Crippen LogP contribution in [0, 0.1) is 5.92 Å². The van der Waals surface area contributed by atoms with Crippen molar-refractivity contribution in [2.24, 2.45) is 11.7 Å². The first-order valence-electron chi connectivity index (χ1n) is 8.24. The maximum atomic E-state index is 11.2. The van der Waals surface area contributed by atoms with Crippen LogP contribution < -0.4 is 10.6 Å². The Kier molecular flexibility index (Phi) is 4.35. The summed E-state index contributed by atoms with van der Waals surface area (Å²) in [6, 6.07) is 7.62. The number of anilines is 1. The molecule has 3 aromatic rings. The van der Waals surface area contributed by atoms with Crippen LogP contribution in [-0.4, -0.2) is 33.6 Å². The number of benzene rings is 1. The number of halogens is 1. The number of amides is 1. The Labute approximate surface area is 154 Å². The van der Waals surface area contributed by atoms with Gasteiger partial charge in [0.1, 0.15) is 0 Å². The molecule has 1 atom stereocenters. The summed E-state index contributed by atoms with van der Waals surface area (Å²) in [5, 5.41) is 6.32. The van der Waals surface area contributed by atoms with Gasteiger partial charge in [-0.05, 0) is 30.9 Å². The highest BCUT2D eigenvalue weighted by Gasteiger charge is 2.24. The molecule has 130 valence electrons. The van der Waals surface area contributed by atoms with Gasteiger partial charge in [0.2, 0.25) is 16.0 Å². The van der Waals surface area contributed by atoms with Crippen molar-refractivity contribution in [3.05, 3.63) is 35.5 Å². The zero-order valence-electron chi connectivity index (χ0n) is 13.6. The smallest absolute Gasteiger partial charge is 0.217 e. The molecule has 1 saturated heterocycles. The van der Waals surface area contributed by atoms with Gasteiger partial charge in [-0.1, -0.05) is 35.1 Å². The number of rotatable bonds is 4. The maximum absolute atomic E-state index is 11.2. The van der Waals surface area contributed by atoms with Crippen molar-refractivity contribution in [3.8, 4) is 11.3 Å². The molecule has 2 N–H and O–H groups in total. The highest BCUT2D eigenvalue weighted by Crippen LogP contribution is 2.30. The lowest BCUT2D eigenvalue weighted by atomic mass is 9.95. The molecule has 8 heteroatoms. The molecule has 0 radical (unpaired) electrons. The van der Waals surface area contributed by atoms with Crippen LogP contribution in [0.25, 0.3) is 16.2 Å². The molecule has 0 spiro atoms. The monoisotopic (exact) mass is 375 g/mol. The van der Waals surface area contributed by atoms with E-state index in [1.165, 1.54) is 0 Å². The van der Waals surface area contributed by atoms with Crippen molar-refractivity contribution < 1.29 is 4.79 Å². The molecule has 0 bridgehead atoms. The molecular weight excluding hydrogens is 358 g/mol. The van der Waals surface area contributed by atoms with Gasteiger partial charge in [-0.3, -0.25) is 4.79 Å². The van der Waals surface area contributed by atoms with Gasteiger partial charge in [0.25, 0.3) is 0 Å². The second kappa shape index (κ2) is 6.65. The molecular formula is C17H18ClN5OS. The van der Waals surface area contributed by atoms with E-state index >= 15 is 0 Å². The predicted molar refractivity (Wildman–Crippen MR) is 100 cm³/mol. The Balaban J connectivity index is 1.55. The highest BCUT2D eigenvalue weighted by molar-refractivity contribution is 7.20. The molecule has 6 nitrogen and oxygen atoms in total. The van der Waals surface area contributed by atoms with Gasteiger partial charge in [0.05, 0.1) is 11.9 Å². The number of hydrogen-bond donors (Lipinski definition) is 1. The van der Waals surface area contributed by atoms with E-state index in [1.54, 1.807) is 11.3 Å². The summed E-state index contributed by atoms with van der Waals surface area (Å²) in [6.45, 7) is 1.78. The van der Waals surface area contributed by atoms with Crippen molar-refractivity contribution in [1.82, 2.24) is 14.6 Å². The summed E-state index contributed by atoms with van der Waals surface area (Å²) >= 11 is 7.50. The predicted octanol–water partition coefficient (Wildman–Crippen LogP) is 3.20. The molecule has 1 aliphatic heterocycles. The molecule has 1 aromatic carbocycles. The minimum atomic E-state index is -0.228. The fraction of sp³-hybridized carbons (Fsp3) is 0.353. The van der Waals surface area contributed by atoms with E-state index in [9.17, 15) is 4.79 Å². The summed E-state index contributed by atoms with van der Waals surface area (Å²) in [7, 11) is 0. The number of primary amides is 1. The van der Waals surface area contributed by atoms with Crippen molar-refractivity contribution >= 4 is 38.9 Å².